The minimum Gasteiger partial charge on any atom is -0.376 e. The van der Waals surface area contributed by atoms with Crippen molar-refractivity contribution in [3.05, 3.63) is 24.8 Å². The van der Waals surface area contributed by atoms with Crippen LogP contribution in [0, 0.1) is 0 Å². The maximum atomic E-state index is 10.7. The van der Waals surface area contributed by atoms with Gasteiger partial charge in [0, 0.05) is 19.7 Å². The predicted molar refractivity (Wildman–Crippen MR) is 58.9 cm³/mol. The number of nitrogens with one attached hydrogen (secondary N) is 1. The summed E-state index contributed by atoms with van der Waals surface area (Å²) in [5, 5.41) is 10.1. The fraction of sp³-hybridized carbons (Fsp3) is 0.400. The molecule has 0 unspecified atom stereocenters. The van der Waals surface area contributed by atoms with E-state index < -0.39 is 0 Å². The Labute approximate surface area is 90.1 Å². The number of rotatable bonds is 3. The molecule has 0 atom stereocenters. The van der Waals surface area contributed by atoms with Crippen LogP contribution in [0.3, 0.4) is 0 Å². The number of amides is 2. The second-order valence-electron chi connectivity index (χ2n) is 2.88. The van der Waals surface area contributed by atoms with Crippen molar-refractivity contribution < 1.29 is 14.7 Å². The second kappa shape index (κ2) is 8.96. The van der Waals surface area contributed by atoms with E-state index in [9.17, 15) is 9.59 Å². The molecule has 86 valence electrons. The Kier molecular flexibility index (Phi) is 9.45. The van der Waals surface area contributed by atoms with E-state index in [-0.39, 0.29) is 18.5 Å². The number of aliphatic hydroxyl groups excluding tert-OH is 1. The molecule has 0 saturated heterocycles. The van der Waals surface area contributed by atoms with E-state index in [1.54, 1.807) is 21.0 Å². The molecule has 2 N–H and O–H groups in total. The third-order valence-electron chi connectivity index (χ3n) is 1.21. The molecule has 15 heavy (non-hydrogen) atoms. The van der Waals surface area contributed by atoms with Crippen molar-refractivity contribution in [1.29, 1.82) is 0 Å². The lowest BCUT2D eigenvalue weighted by Crippen LogP contribution is -2.21. The van der Waals surface area contributed by atoms with Crippen molar-refractivity contribution in [1.82, 2.24) is 10.2 Å². The van der Waals surface area contributed by atoms with E-state index in [4.69, 9.17) is 5.11 Å². The zero-order valence-electron chi connectivity index (χ0n) is 9.41. The van der Waals surface area contributed by atoms with E-state index in [2.05, 4.69) is 18.5 Å². The molecule has 0 aliphatic rings. The summed E-state index contributed by atoms with van der Waals surface area (Å²) in [6.45, 7) is 8.01. The van der Waals surface area contributed by atoms with Crippen molar-refractivity contribution in [2.45, 2.75) is 6.92 Å². The van der Waals surface area contributed by atoms with Crippen LogP contribution in [0.1, 0.15) is 6.92 Å². The molecule has 0 heterocycles. The van der Waals surface area contributed by atoms with E-state index in [0.29, 0.717) is 5.57 Å². The highest BCUT2D eigenvalue weighted by Crippen LogP contribution is 1.90. The second-order valence-corrected chi connectivity index (χ2v) is 2.88. The van der Waals surface area contributed by atoms with Gasteiger partial charge in [-0.25, -0.2) is 0 Å². The van der Waals surface area contributed by atoms with Gasteiger partial charge in [-0.3, -0.25) is 9.59 Å². The average Bonchev–Trinajstić information content (AvgIpc) is 2.17. The lowest BCUT2D eigenvalue weighted by atomic mass is 10.3. The minimum absolute atomic E-state index is 0.00926. The Hall–Kier alpha value is -1.62. The topological polar surface area (TPSA) is 69.6 Å². The summed E-state index contributed by atoms with van der Waals surface area (Å²) in [4.78, 5) is 22.2. The fourth-order valence-electron chi connectivity index (χ4n) is 0.532. The van der Waals surface area contributed by atoms with Gasteiger partial charge in [0.25, 0.3) is 0 Å². The first-order valence-electron chi connectivity index (χ1n) is 4.25. The van der Waals surface area contributed by atoms with E-state index in [1.165, 1.54) is 4.90 Å². The standard InChI is InChI=1S/C6H11NO.C4H7NO2/c1-5(2)6(8)7(3)4;1-2-4(7)5-3-6/h1H2,2-4H3;2,6H,1,3H2,(H,5,7). The van der Waals surface area contributed by atoms with Crippen molar-refractivity contribution >= 4 is 11.8 Å². The van der Waals surface area contributed by atoms with Gasteiger partial charge in [-0.2, -0.15) is 0 Å². The normalized spacial score (nSPS) is 8.00. The van der Waals surface area contributed by atoms with Gasteiger partial charge < -0.3 is 15.3 Å². The Morgan fingerprint density at radius 3 is 2.00 bits per heavy atom. The van der Waals surface area contributed by atoms with Gasteiger partial charge in [-0.15, -0.1) is 0 Å². The molecule has 0 aromatic carbocycles. The van der Waals surface area contributed by atoms with Crippen LogP contribution in [0.2, 0.25) is 0 Å². The van der Waals surface area contributed by atoms with Gasteiger partial charge in [0.2, 0.25) is 11.8 Å². The van der Waals surface area contributed by atoms with Gasteiger partial charge in [0.1, 0.15) is 6.73 Å². The molecule has 0 aromatic heterocycles. The molecule has 0 fully saturated rings. The smallest absolute Gasteiger partial charge is 0.248 e. The summed E-state index contributed by atoms with van der Waals surface area (Å²) in [5.41, 5.74) is 0.579. The zero-order chi connectivity index (χ0) is 12.4. The Balaban J connectivity index is 0. The molecule has 0 bridgehead atoms. The monoisotopic (exact) mass is 214 g/mol. The van der Waals surface area contributed by atoms with Crippen LogP contribution < -0.4 is 5.32 Å². The van der Waals surface area contributed by atoms with Crippen LogP contribution in [-0.2, 0) is 9.59 Å². The number of hydrogen-bond acceptors (Lipinski definition) is 3. The van der Waals surface area contributed by atoms with E-state index in [0.717, 1.165) is 6.08 Å². The maximum absolute atomic E-state index is 10.7. The summed E-state index contributed by atoms with van der Waals surface area (Å²) in [6.07, 6.45) is 1.09. The lowest BCUT2D eigenvalue weighted by molar-refractivity contribution is -0.124. The molecular weight excluding hydrogens is 196 g/mol. The third-order valence-corrected chi connectivity index (χ3v) is 1.21. The highest BCUT2D eigenvalue weighted by atomic mass is 16.3. The van der Waals surface area contributed by atoms with Crippen LogP contribution in [0.5, 0.6) is 0 Å². The van der Waals surface area contributed by atoms with E-state index >= 15 is 0 Å². The summed E-state index contributed by atoms with van der Waals surface area (Å²) < 4.78 is 0. The lowest BCUT2D eigenvalue weighted by Gasteiger charge is -2.07. The molecule has 0 aromatic rings. The number of hydrogen-bond donors (Lipinski definition) is 2. The summed E-state index contributed by atoms with van der Waals surface area (Å²) in [7, 11) is 3.41. The molecule has 0 aliphatic heterocycles. The van der Waals surface area contributed by atoms with Crippen molar-refractivity contribution in [2.24, 2.45) is 0 Å². The Morgan fingerprint density at radius 1 is 1.47 bits per heavy atom. The molecule has 5 nitrogen and oxygen atoms in total. The Morgan fingerprint density at radius 2 is 1.93 bits per heavy atom. The van der Waals surface area contributed by atoms with E-state index in [1.807, 2.05) is 0 Å². The molecule has 0 saturated carbocycles. The largest absolute Gasteiger partial charge is 0.376 e. The van der Waals surface area contributed by atoms with Crippen LogP contribution in [0.25, 0.3) is 0 Å². The third kappa shape index (κ3) is 10.3. The van der Waals surface area contributed by atoms with Crippen molar-refractivity contribution in [3.63, 3.8) is 0 Å². The SMILES string of the molecule is C=C(C)C(=O)N(C)C.C=CC(=O)NCO. The molecule has 0 radical (unpaired) electrons. The Bertz CT molecular complexity index is 247. The highest BCUT2D eigenvalue weighted by Gasteiger charge is 2.01. The number of aliphatic hydroxyl groups is 1. The van der Waals surface area contributed by atoms with Crippen LogP contribution in [0.4, 0.5) is 0 Å². The minimum atomic E-state index is -0.359. The number of carbonyl (C=O) groups is 2. The van der Waals surface area contributed by atoms with Crippen LogP contribution in [0.15, 0.2) is 24.8 Å². The first-order valence-corrected chi connectivity index (χ1v) is 4.25. The summed E-state index contributed by atoms with van der Waals surface area (Å²) >= 11 is 0. The van der Waals surface area contributed by atoms with Gasteiger partial charge in [0.15, 0.2) is 0 Å². The molecule has 0 rings (SSSR count). The summed E-state index contributed by atoms with van der Waals surface area (Å²) in [5.74, 6) is -0.368. The van der Waals surface area contributed by atoms with Gasteiger partial charge in [-0.05, 0) is 13.0 Å². The maximum Gasteiger partial charge on any atom is 0.248 e. The molecule has 0 spiro atoms. The molecule has 2 amide bonds. The highest BCUT2D eigenvalue weighted by molar-refractivity contribution is 5.91. The number of likely N-dealkylation sites (N-methyl/N-ethyl adjacent to an activating group) is 1. The molecule has 5 heteroatoms. The molecule has 0 aliphatic carbocycles. The first kappa shape index (κ1) is 15.8. The average molecular weight is 214 g/mol. The van der Waals surface area contributed by atoms with Crippen LogP contribution in [-0.4, -0.2) is 42.6 Å². The van der Waals surface area contributed by atoms with Gasteiger partial charge in [0.05, 0.1) is 0 Å². The predicted octanol–water partition coefficient (Wildman–Crippen LogP) is -0.111. The number of nitrogens with zero attached hydrogens (tertiary/aromatic N) is 1. The van der Waals surface area contributed by atoms with Crippen molar-refractivity contribution in [3.8, 4) is 0 Å². The quantitative estimate of drug-likeness (QED) is 0.508. The summed E-state index contributed by atoms with van der Waals surface area (Å²) in [6, 6.07) is 0. The van der Waals surface area contributed by atoms with Gasteiger partial charge in [-0.1, -0.05) is 13.2 Å². The first-order chi connectivity index (χ1) is 6.86. The van der Waals surface area contributed by atoms with Gasteiger partial charge >= 0.3 is 0 Å². The molecular formula is C10H18N2O3. The zero-order valence-corrected chi connectivity index (χ0v) is 9.41. The van der Waals surface area contributed by atoms with Crippen LogP contribution >= 0.6 is 0 Å². The van der Waals surface area contributed by atoms with Crippen molar-refractivity contribution in [2.75, 3.05) is 20.8 Å². The fourth-order valence-corrected chi connectivity index (χ4v) is 0.532. The number of carbonyl (C=O) groups excluding carboxylic acids is 2.